The Morgan fingerprint density at radius 2 is 1.88 bits per heavy atom. The van der Waals surface area contributed by atoms with E-state index in [1.54, 1.807) is 32.9 Å². The van der Waals surface area contributed by atoms with Crippen molar-refractivity contribution in [1.29, 1.82) is 0 Å². The highest BCUT2D eigenvalue weighted by atomic mass is 19.1. The molecule has 2 amide bonds. The predicted octanol–water partition coefficient (Wildman–Crippen LogP) is 4.51. The van der Waals surface area contributed by atoms with Crippen molar-refractivity contribution in [2.45, 2.75) is 64.5 Å². The molecule has 1 saturated heterocycles. The molecule has 0 radical (unpaired) electrons. The number of aryl methyl sites for hydroxylation is 1. The quantitative estimate of drug-likeness (QED) is 0.426. The molecule has 2 aromatic heterocycles. The van der Waals surface area contributed by atoms with Gasteiger partial charge in [-0.25, -0.2) is 14.0 Å². The second-order valence-corrected chi connectivity index (χ2v) is 11.8. The van der Waals surface area contributed by atoms with Crippen LogP contribution in [0.4, 0.5) is 9.18 Å². The first-order valence-electron chi connectivity index (χ1n) is 14.3. The second-order valence-electron chi connectivity index (χ2n) is 11.8. The molecular formula is C30H37FN6O5. The molecule has 0 spiro atoms. The normalized spacial score (nSPS) is 16.5. The summed E-state index contributed by atoms with van der Waals surface area (Å²) in [5.41, 5.74) is 1.83. The fraction of sp³-hybridized carbons (Fsp3) is 0.500. The van der Waals surface area contributed by atoms with Crippen LogP contribution in [0.1, 0.15) is 74.0 Å². The summed E-state index contributed by atoms with van der Waals surface area (Å²) in [5, 5.41) is 8.30. The van der Waals surface area contributed by atoms with Gasteiger partial charge < -0.3 is 24.3 Å². The topological polar surface area (TPSA) is 123 Å². The van der Waals surface area contributed by atoms with Crippen molar-refractivity contribution in [3.8, 4) is 0 Å². The summed E-state index contributed by atoms with van der Waals surface area (Å²) < 4.78 is 28.2. The fourth-order valence-corrected chi connectivity index (χ4v) is 5.65. The largest absolute Gasteiger partial charge is 0.464 e. The number of ether oxygens (including phenoxy) is 2. The van der Waals surface area contributed by atoms with Gasteiger partial charge in [-0.15, -0.1) is 5.10 Å². The highest BCUT2D eigenvalue weighted by Gasteiger charge is 2.31. The van der Waals surface area contributed by atoms with Gasteiger partial charge in [0.15, 0.2) is 5.82 Å². The number of carbonyl (C=O) groups excluding carboxylic acids is 3. The van der Waals surface area contributed by atoms with Crippen molar-refractivity contribution >= 4 is 34.4 Å². The third kappa shape index (κ3) is 6.32. The van der Waals surface area contributed by atoms with E-state index in [4.69, 9.17) is 9.47 Å². The molecule has 0 atom stereocenters. The number of H-pyrrole nitrogens is 1. The molecule has 4 heterocycles. The summed E-state index contributed by atoms with van der Waals surface area (Å²) in [7, 11) is 1.28. The van der Waals surface area contributed by atoms with Gasteiger partial charge in [-0.05, 0) is 69.2 Å². The number of fused-ring (bicyclic) bond motifs is 1. The lowest BCUT2D eigenvalue weighted by molar-refractivity contribution is -0.131. The zero-order valence-corrected chi connectivity index (χ0v) is 24.5. The van der Waals surface area contributed by atoms with Crippen molar-refractivity contribution in [3.63, 3.8) is 0 Å². The first-order valence-corrected chi connectivity index (χ1v) is 14.3. The molecule has 0 unspecified atom stereocenters. The number of benzene rings is 1. The number of aromatic nitrogens is 4. The molecule has 12 heteroatoms. The molecular weight excluding hydrogens is 543 g/mol. The Morgan fingerprint density at radius 1 is 1.12 bits per heavy atom. The van der Waals surface area contributed by atoms with E-state index in [0.717, 1.165) is 11.1 Å². The van der Waals surface area contributed by atoms with Crippen LogP contribution in [0.3, 0.4) is 0 Å². The number of piperidine rings is 1. The molecule has 2 aliphatic heterocycles. The van der Waals surface area contributed by atoms with E-state index >= 15 is 4.39 Å². The summed E-state index contributed by atoms with van der Waals surface area (Å²) >= 11 is 0. The van der Waals surface area contributed by atoms with Gasteiger partial charge in [-0.3, -0.25) is 9.48 Å². The van der Waals surface area contributed by atoms with E-state index in [2.05, 4.69) is 15.3 Å². The Bertz CT molecular complexity index is 1500. The van der Waals surface area contributed by atoms with E-state index in [-0.39, 0.29) is 42.1 Å². The number of hydrogen-bond donors (Lipinski definition) is 1. The van der Waals surface area contributed by atoms with Crippen molar-refractivity contribution in [3.05, 3.63) is 53.2 Å². The third-order valence-electron chi connectivity index (χ3n) is 7.75. The molecule has 11 nitrogen and oxygen atoms in total. The third-order valence-corrected chi connectivity index (χ3v) is 7.75. The molecule has 224 valence electrons. The molecule has 1 fully saturated rings. The van der Waals surface area contributed by atoms with Gasteiger partial charge in [0.1, 0.15) is 11.3 Å². The highest BCUT2D eigenvalue weighted by Crippen LogP contribution is 2.39. The van der Waals surface area contributed by atoms with E-state index in [0.29, 0.717) is 56.4 Å². The minimum absolute atomic E-state index is 0.0245. The number of carbonyl (C=O) groups is 3. The number of amides is 2. The number of likely N-dealkylation sites (tertiary alicyclic amines) is 1. The molecule has 1 aromatic carbocycles. The predicted molar refractivity (Wildman–Crippen MR) is 153 cm³/mol. The molecule has 1 N–H and O–H groups in total. The minimum Gasteiger partial charge on any atom is -0.464 e. The summed E-state index contributed by atoms with van der Waals surface area (Å²) in [6, 6.07) is 3.49. The summed E-state index contributed by atoms with van der Waals surface area (Å²) in [4.78, 5) is 44.4. The van der Waals surface area contributed by atoms with Crippen LogP contribution >= 0.6 is 0 Å². The van der Waals surface area contributed by atoms with Crippen molar-refractivity contribution in [2.75, 3.05) is 33.3 Å². The molecule has 5 rings (SSSR count). The maximum Gasteiger partial charge on any atom is 0.410 e. The number of esters is 1. The maximum atomic E-state index is 16.2. The SMILES string of the molecule is COC(=O)c1cc2c(C3CCN(C(=O)OC(C)(C)C)CC3)cc(C3=CCCN(C(=O)CCn4ccnn4)C3)c(F)c2[nH]1. The lowest BCUT2D eigenvalue weighted by Crippen LogP contribution is -2.41. The van der Waals surface area contributed by atoms with Crippen LogP contribution in [0.15, 0.2) is 30.6 Å². The molecule has 3 aromatic rings. The maximum absolute atomic E-state index is 16.2. The summed E-state index contributed by atoms with van der Waals surface area (Å²) in [6.45, 7) is 7.76. The lowest BCUT2D eigenvalue weighted by Gasteiger charge is -2.34. The number of aromatic amines is 1. The Kier molecular flexibility index (Phi) is 8.33. The van der Waals surface area contributed by atoms with Gasteiger partial charge >= 0.3 is 12.1 Å². The molecule has 0 aliphatic carbocycles. The lowest BCUT2D eigenvalue weighted by atomic mass is 9.85. The average Bonchev–Trinajstić information content (AvgIpc) is 3.66. The van der Waals surface area contributed by atoms with Crippen LogP contribution in [0, 0.1) is 5.82 Å². The standard InChI is InChI=1S/C30H37FN6O5/c1-30(2,3)42-29(40)35-12-7-19(8-13-35)21-16-22(26(31)27-23(21)17-24(33-27)28(39)41-4)20-6-5-11-36(18-20)25(38)9-14-37-15-10-32-34-37/h6,10,15-17,19,33H,5,7-9,11-14,18H2,1-4H3. The van der Waals surface area contributed by atoms with Crippen LogP contribution in [-0.4, -0.2) is 86.6 Å². The van der Waals surface area contributed by atoms with Crippen LogP contribution in [0.2, 0.25) is 0 Å². The number of hydrogen-bond acceptors (Lipinski definition) is 7. The van der Waals surface area contributed by atoms with Crippen LogP contribution < -0.4 is 0 Å². The van der Waals surface area contributed by atoms with Crippen molar-refractivity contribution in [1.82, 2.24) is 29.8 Å². The van der Waals surface area contributed by atoms with E-state index in [1.807, 2.05) is 32.9 Å². The van der Waals surface area contributed by atoms with Gasteiger partial charge in [0.05, 0.1) is 25.4 Å². The first kappa shape index (κ1) is 29.3. The Labute approximate surface area is 243 Å². The molecule has 2 aliphatic rings. The van der Waals surface area contributed by atoms with Crippen LogP contribution in [-0.2, 0) is 20.8 Å². The minimum atomic E-state index is -0.584. The first-order chi connectivity index (χ1) is 20.0. The fourth-order valence-electron chi connectivity index (χ4n) is 5.65. The number of rotatable bonds is 6. The number of halogens is 1. The number of nitrogens with zero attached hydrogens (tertiary/aromatic N) is 5. The Balaban J connectivity index is 1.41. The van der Waals surface area contributed by atoms with Crippen LogP contribution in [0.5, 0.6) is 0 Å². The Hall–Kier alpha value is -4.22. The second kappa shape index (κ2) is 11.9. The van der Waals surface area contributed by atoms with E-state index < -0.39 is 17.4 Å². The molecule has 0 saturated carbocycles. The zero-order valence-electron chi connectivity index (χ0n) is 24.5. The highest BCUT2D eigenvalue weighted by molar-refractivity contribution is 5.98. The van der Waals surface area contributed by atoms with Gasteiger partial charge in [0.2, 0.25) is 5.91 Å². The number of methoxy groups -OCH3 is 1. The van der Waals surface area contributed by atoms with Crippen molar-refractivity contribution < 1.29 is 28.2 Å². The molecule has 42 heavy (non-hydrogen) atoms. The zero-order chi connectivity index (χ0) is 30.0. The van der Waals surface area contributed by atoms with Crippen LogP contribution in [0.25, 0.3) is 16.5 Å². The summed E-state index contributed by atoms with van der Waals surface area (Å²) in [6.07, 6.45) is 7.08. The summed E-state index contributed by atoms with van der Waals surface area (Å²) in [5.74, 6) is -1.08. The average molecular weight is 581 g/mol. The monoisotopic (exact) mass is 580 g/mol. The van der Waals surface area contributed by atoms with Gasteiger partial charge in [0, 0.05) is 49.7 Å². The van der Waals surface area contributed by atoms with E-state index in [9.17, 15) is 14.4 Å². The Morgan fingerprint density at radius 3 is 2.55 bits per heavy atom. The van der Waals surface area contributed by atoms with E-state index in [1.165, 1.54) is 7.11 Å². The smallest absolute Gasteiger partial charge is 0.410 e. The van der Waals surface area contributed by atoms with Crippen molar-refractivity contribution in [2.24, 2.45) is 0 Å². The number of nitrogens with one attached hydrogen (secondary N) is 1. The van der Waals surface area contributed by atoms with Gasteiger partial charge in [-0.1, -0.05) is 11.3 Å². The molecule has 0 bridgehead atoms. The van der Waals surface area contributed by atoms with Gasteiger partial charge in [-0.2, -0.15) is 0 Å². The van der Waals surface area contributed by atoms with Gasteiger partial charge in [0.25, 0.3) is 0 Å².